The lowest BCUT2D eigenvalue weighted by molar-refractivity contribution is -0.140. The van der Waals surface area contributed by atoms with Crippen LogP contribution < -0.4 is 4.90 Å². The molecule has 1 spiro atoms. The number of hydrogen-bond donors (Lipinski definition) is 0. The molecule has 0 N–H and O–H groups in total. The van der Waals surface area contributed by atoms with Crippen LogP contribution in [-0.2, 0) is 9.53 Å². The van der Waals surface area contributed by atoms with Crippen LogP contribution in [0.25, 0.3) is 0 Å². The number of anilines is 1. The maximum Gasteiger partial charge on any atom is 0.255 e. The predicted molar refractivity (Wildman–Crippen MR) is 101 cm³/mol. The van der Waals surface area contributed by atoms with E-state index in [1.54, 1.807) is 21.9 Å². The van der Waals surface area contributed by atoms with Crippen LogP contribution in [0, 0.1) is 11.6 Å². The minimum atomic E-state index is -0.602. The lowest BCUT2D eigenvalue weighted by Gasteiger charge is -2.42. The first-order valence-corrected chi connectivity index (χ1v) is 9.56. The number of morpholine rings is 1. The molecule has 2 amide bonds. The summed E-state index contributed by atoms with van der Waals surface area (Å²) in [4.78, 5) is 32.1. The van der Waals surface area contributed by atoms with Crippen molar-refractivity contribution in [1.29, 1.82) is 0 Å². The summed E-state index contributed by atoms with van der Waals surface area (Å²) in [7, 11) is 0. The normalized spacial score (nSPS) is 22.6. The van der Waals surface area contributed by atoms with Gasteiger partial charge in [0.25, 0.3) is 11.8 Å². The van der Waals surface area contributed by atoms with Gasteiger partial charge in [-0.15, -0.1) is 0 Å². The fourth-order valence-electron chi connectivity index (χ4n) is 3.98. The molecule has 1 unspecified atom stereocenters. The van der Waals surface area contributed by atoms with E-state index in [0.717, 1.165) is 6.20 Å². The van der Waals surface area contributed by atoms with Gasteiger partial charge < -0.3 is 14.5 Å². The summed E-state index contributed by atoms with van der Waals surface area (Å²) < 4.78 is 33.0. The summed E-state index contributed by atoms with van der Waals surface area (Å²) in [6.07, 6.45) is 4.28. The first-order valence-electron chi connectivity index (χ1n) is 9.56. The van der Waals surface area contributed by atoms with E-state index in [4.69, 9.17) is 4.74 Å². The van der Waals surface area contributed by atoms with E-state index in [9.17, 15) is 18.4 Å². The Hall–Kier alpha value is -2.87. The third kappa shape index (κ3) is 4.12. The number of carbonyl (C=O) groups excluding carboxylic acids is 2. The van der Waals surface area contributed by atoms with E-state index >= 15 is 0 Å². The Labute approximate surface area is 167 Å². The highest BCUT2D eigenvalue weighted by Gasteiger charge is 2.42. The van der Waals surface area contributed by atoms with Gasteiger partial charge in [-0.25, -0.2) is 8.78 Å². The van der Waals surface area contributed by atoms with Crippen molar-refractivity contribution < 1.29 is 23.1 Å². The second-order valence-electron chi connectivity index (χ2n) is 7.47. The minimum absolute atomic E-state index is 0.0850. The monoisotopic (exact) mass is 401 g/mol. The average molecular weight is 401 g/mol. The van der Waals surface area contributed by atoms with Gasteiger partial charge in [-0.2, -0.15) is 0 Å². The molecule has 0 radical (unpaired) electrons. The second kappa shape index (κ2) is 7.87. The number of carbonyl (C=O) groups is 2. The molecule has 8 heteroatoms. The number of halogens is 2. The Morgan fingerprint density at radius 2 is 1.97 bits per heavy atom. The third-order valence-electron chi connectivity index (χ3n) is 5.51. The lowest BCUT2D eigenvalue weighted by atomic mass is 9.92. The van der Waals surface area contributed by atoms with Crippen molar-refractivity contribution in [2.24, 2.45) is 0 Å². The number of amides is 2. The summed E-state index contributed by atoms with van der Waals surface area (Å²) in [6.45, 7) is 1.14. The van der Waals surface area contributed by atoms with Crippen LogP contribution in [-0.4, -0.2) is 53.5 Å². The van der Waals surface area contributed by atoms with Crippen molar-refractivity contribution in [3.8, 4) is 0 Å². The van der Waals surface area contributed by atoms with Crippen LogP contribution >= 0.6 is 0 Å². The van der Waals surface area contributed by atoms with Crippen molar-refractivity contribution in [2.45, 2.75) is 24.9 Å². The third-order valence-corrected chi connectivity index (χ3v) is 5.51. The molecule has 4 rings (SSSR count). The Balaban J connectivity index is 1.49. The zero-order valence-electron chi connectivity index (χ0n) is 15.8. The van der Waals surface area contributed by atoms with Crippen LogP contribution in [0.2, 0.25) is 0 Å². The molecule has 0 aliphatic carbocycles. The molecule has 2 aliphatic rings. The quantitative estimate of drug-likeness (QED) is 0.777. The van der Waals surface area contributed by atoms with E-state index in [1.165, 1.54) is 24.4 Å². The topological polar surface area (TPSA) is 62.7 Å². The van der Waals surface area contributed by atoms with Gasteiger partial charge in [-0.3, -0.25) is 14.6 Å². The first-order chi connectivity index (χ1) is 14.0. The van der Waals surface area contributed by atoms with Crippen LogP contribution in [0.4, 0.5) is 14.5 Å². The molecular weight excluding hydrogens is 380 g/mol. The van der Waals surface area contributed by atoms with Crippen molar-refractivity contribution >= 4 is 17.5 Å². The van der Waals surface area contributed by atoms with Crippen molar-refractivity contribution in [3.05, 3.63) is 59.9 Å². The van der Waals surface area contributed by atoms with Gasteiger partial charge in [0.15, 0.2) is 0 Å². The first kappa shape index (κ1) is 19.4. The van der Waals surface area contributed by atoms with Gasteiger partial charge in [-0.1, -0.05) is 6.07 Å². The fourth-order valence-corrected chi connectivity index (χ4v) is 3.98. The number of benzene rings is 1. The summed E-state index contributed by atoms with van der Waals surface area (Å²) in [5, 5.41) is 0. The molecule has 0 bridgehead atoms. The molecule has 2 fully saturated rings. The maximum atomic E-state index is 13.6. The van der Waals surface area contributed by atoms with Crippen molar-refractivity contribution in [3.63, 3.8) is 0 Å². The van der Waals surface area contributed by atoms with Crippen LogP contribution in [0.15, 0.2) is 42.7 Å². The number of nitrogens with zero attached hydrogens (tertiary/aromatic N) is 3. The number of aromatic nitrogens is 1. The largest absolute Gasteiger partial charge is 0.363 e. The molecule has 1 aromatic heterocycles. The zero-order chi connectivity index (χ0) is 20.4. The summed E-state index contributed by atoms with van der Waals surface area (Å²) in [5.74, 6) is -1.45. The summed E-state index contributed by atoms with van der Waals surface area (Å²) >= 11 is 0. The van der Waals surface area contributed by atoms with Crippen LogP contribution in [0.3, 0.4) is 0 Å². The number of rotatable bonds is 2. The van der Waals surface area contributed by atoms with E-state index in [2.05, 4.69) is 4.98 Å². The minimum Gasteiger partial charge on any atom is -0.363 e. The fraction of sp³-hybridized carbons (Fsp3) is 0.381. The van der Waals surface area contributed by atoms with Gasteiger partial charge in [0.1, 0.15) is 18.2 Å². The Kier molecular flexibility index (Phi) is 5.27. The molecule has 2 saturated heterocycles. The number of hydrogen-bond acceptors (Lipinski definition) is 4. The van der Waals surface area contributed by atoms with Crippen molar-refractivity contribution in [2.75, 3.05) is 31.1 Å². The Bertz CT molecular complexity index is 939. The number of ether oxygens (including phenoxy) is 1. The van der Waals surface area contributed by atoms with E-state index in [1.807, 2.05) is 0 Å². The molecule has 2 aromatic rings. The summed E-state index contributed by atoms with van der Waals surface area (Å²) in [5.41, 5.74) is 0.109. The predicted octanol–water partition coefficient (Wildman–Crippen LogP) is 2.79. The van der Waals surface area contributed by atoms with E-state index in [0.29, 0.717) is 44.6 Å². The van der Waals surface area contributed by atoms with Gasteiger partial charge in [-0.05, 0) is 43.5 Å². The smallest absolute Gasteiger partial charge is 0.255 e. The van der Waals surface area contributed by atoms with E-state index < -0.39 is 17.2 Å². The SMILES string of the molecule is O=C(c1cncc(F)c1)N1CCCC2(CC1)CN(c1cccc(F)c1)C(=O)CO2. The average Bonchev–Trinajstić information content (AvgIpc) is 2.92. The maximum absolute atomic E-state index is 13.6. The van der Waals surface area contributed by atoms with Crippen molar-refractivity contribution in [1.82, 2.24) is 9.88 Å². The van der Waals surface area contributed by atoms with Crippen LogP contribution in [0.5, 0.6) is 0 Å². The van der Waals surface area contributed by atoms with Gasteiger partial charge in [0.05, 0.1) is 23.9 Å². The molecule has 1 atom stereocenters. The highest BCUT2D eigenvalue weighted by molar-refractivity contribution is 5.95. The molecule has 1 aromatic carbocycles. The lowest BCUT2D eigenvalue weighted by Crippen LogP contribution is -2.55. The number of pyridine rings is 1. The number of likely N-dealkylation sites (tertiary alicyclic amines) is 1. The second-order valence-corrected chi connectivity index (χ2v) is 7.47. The summed E-state index contributed by atoms with van der Waals surface area (Å²) in [6, 6.07) is 7.11. The van der Waals surface area contributed by atoms with Crippen LogP contribution in [0.1, 0.15) is 29.6 Å². The highest BCUT2D eigenvalue weighted by atomic mass is 19.1. The molecule has 3 heterocycles. The Morgan fingerprint density at radius 3 is 2.76 bits per heavy atom. The molecule has 2 aliphatic heterocycles. The molecule has 29 heavy (non-hydrogen) atoms. The van der Waals surface area contributed by atoms with Gasteiger partial charge in [0, 0.05) is 25.0 Å². The standard InChI is InChI=1S/C21H21F2N3O3/c22-16-3-1-4-18(10-16)26-14-21(29-13-19(26)27)5-2-7-25(8-6-21)20(28)15-9-17(23)12-24-11-15/h1,3-4,9-12H,2,5-8,13-14H2. The van der Waals surface area contributed by atoms with E-state index in [-0.39, 0.29) is 24.0 Å². The van der Waals surface area contributed by atoms with Gasteiger partial charge >= 0.3 is 0 Å². The van der Waals surface area contributed by atoms with Gasteiger partial charge in [0.2, 0.25) is 0 Å². The molecule has 0 saturated carbocycles. The highest BCUT2D eigenvalue weighted by Crippen LogP contribution is 2.33. The zero-order valence-corrected chi connectivity index (χ0v) is 15.8. The molecule has 6 nitrogen and oxygen atoms in total. The molecular formula is C21H21F2N3O3. The molecule has 152 valence electrons. The Morgan fingerprint density at radius 1 is 1.10 bits per heavy atom.